The van der Waals surface area contributed by atoms with Gasteiger partial charge in [0.05, 0.1) is 6.42 Å². The highest BCUT2D eigenvalue weighted by molar-refractivity contribution is 9.10. The van der Waals surface area contributed by atoms with Gasteiger partial charge in [-0.2, -0.15) is 0 Å². The lowest BCUT2D eigenvalue weighted by Crippen LogP contribution is -2.54. The van der Waals surface area contributed by atoms with Gasteiger partial charge in [0, 0.05) is 36.7 Å². The Balaban J connectivity index is 1.83. The number of carbonyl (C=O) groups is 3. The molecule has 2 rings (SSSR count). The minimum atomic E-state index is -0.584. The zero-order chi connectivity index (χ0) is 17.7. The van der Waals surface area contributed by atoms with Crippen LogP contribution < -0.4 is 5.32 Å². The number of hydrogen-bond donors (Lipinski definition) is 1. The summed E-state index contributed by atoms with van der Waals surface area (Å²) < 4.78 is 0.977. The number of benzene rings is 1. The molecule has 1 heterocycles. The summed E-state index contributed by atoms with van der Waals surface area (Å²) in [5.41, 5.74) is 0.956. The van der Waals surface area contributed by atoms with Gasteiger partial charge in [-0.05, 0) is 31.5 Å². The van der Waals surface area contributed by atoms with E-state index in [4.69, 9.17) is 0 Å². The van der Waals surface area contributed by atoms with Crippen LogP contribution in [0.5, 0.6) is 0 Å². The fourth-order valence-corrected chi connectivity index (χ4v) is 2.78. The van der Waals surface area contributed by atoms with E-state index in [1.165, 1.54) is 4.90 Å². The van der Waals surface area contributed by atoms with Crippen molar-refractivity contribution in [3.8, 4) is 0 Å². The predicted molar refractivity (Wildman–Crippen MR) is 94.3 cm³/mol. The van der Waals surface area contributed by atoms with Crippen LogP contribution in [-0.2, 0) is 20.8 Å². The average molecular weight is 396 g/mol. The van der Waals surface area contributed by atoms with Crippen LogP contribution in [0.3, 0.4) is 0 Å². The Labute approximate surface area is 150 Å². The summed E-state index contributed by atoms with van der Waals surface area (Å²) in [5.74, 6) is -1.07. The van der Waals surface area contributed by atoms with Crippen molar-refractivity contribution in [3.63, 3.8) is 0 Å². The van der Waals surface area contributed by atoms with Gasteiger partial charge in [-0.1, -0.05) is 28.1 Å². The Kier molecular flexibility index (Phi) is 6.36. The number of rotatable bonds is 3. The van der Waals surface area contributed by atoms with Crippen molar-refractivity contribution in [3.05, 3.63) is 34.3 Å². The molecule has 0 unspecified atom stereocenters. The molecule has 0 atom stereocenters. The first-order valence-corrected chi connectivity index (χ1v) is 8.78. The van der Waals surface area contributed by atoms with Gasteiger partial charge in [0.2, 0.25) is 5.91 Å². The van der Waals surface area contributed by atoms with Crippen LogP contribution in [0, 0.1) is 0 Å². The lowest BCUT2D eigenvalue weighted by Gasteiger charge is -2.34. The molecule has 130 valence electrons. The van der Waals surface area contributed by atoms with Crippen molar-refractivity contribution in [1.82, 2.24) is 15.1 Å². The lowest BCUT2D eigenvalue weighted by atomic mass is 10.1. The third-order valence-corrected chi connectivity index (χ3v) is 4.33. The van der Waals surface area contributed by atoms with Crippen molar-refractivity contribution in [1.29, 1.82) is 0 Å². The van der Waals surface area contributed by atoms with E-state index in [1.807, 2.05) is 38.1 Å². The molecule has 3 amide bonds. The molecule has 7 heteroatoms. The highest BCUT2D eigenvalue weighted by Gasteiger charge is 2.27. The summed E-state index contributed by atoms with van der Waals surface area (Å²) in [5, 5.41) is 2.60. The number of nitrogens with zero attached hydrogens (tertiary/aromatic N) is 2. The van der Waals surface area contributed by atoms with E-state index >= 15 is 0 Å². The fraction of sp³-hybridized carbons (Fsp3) is 0.471. The van der Waals surface area contributed by atoms with E-state index in [1.54, 1.807) is 4.90 Å². The van der Waals surface area contributed by atoms with Gasteiger partial charge in [-0.15, -0.1) is 0 Å². The first-order chi connectivity index (χ1) is 11.4. The minimum Gasteiger partial charge on any atom is -0.346 e. The standard InChI is InChI=1S/C17H22BrN3O3/c1-12(2)19-16(23)17(24)21-9-7-20(8-10-21)15(22)11-13-3-5-14(18)6-4-13/h3-6,12H,7-11H2,1-2H3,(H,19,23). The smallest absolute Gasteiger partial charge is 0.312 e. The van der Waals surface area contributed by atoms with Crippen molar-refractivity contribution < 1.29 is 14.4 Å². The van der Waals surface area contributed by atoms with Crippen LogP contribution in [0.2, 0.25) is 0 Å². The Hall–Kier alpha value is -1.89. The van der Waals surface area contributed by atoms with E-state index in [9.17, 15) is 14.4 Å². The minimum absolute atomic E-state index is 0.0380. The quantitative estimate of drug-likeness (QED) is 0.781. The number of halogens is 1. The van der Waals surface area contributed by atoms with Crippen LogP contribution >= 0.6 is 15.9 Å². The van der Waals surface area contributed by atoms with Gasteiger partial charge in [0.1, 0.15) is 0 Å². The zero-order valence-corrected chi connectivity index (χ0v) is 15.5. The van der Waals surface area contributed by atoms with Gasteiger partial charge in [0.15, 0.2) is 0 Å². The molecule has 1 aliphatic heterocycles. The van der Waals surface area contributed by atoms with Gasteiger partial charge >= 0.3 is 11.8 Å². The number of hydrogen-bond acceptors (Lipinski definition) is 3. The summed E-state index contributed by atoms with van der Waals surface area (Å²) in [7, 11) is 0. The molecule has 0 aliphatic carbocycles. The zero-order valence-electron chi connectivity index (χ0n) is 13.9. The summed E-state index contributed by atoms with van der Waals surface area (Å²) in [6.07, 6.45) is 0.342. The predicted octanol–water partition coefficient (Wildman–Crippen LogP) is 1.19. The summed E-state index contributed by atoms with van der Waals surface area (Å²) in [6, 6.07) is 7.57. The number of nitrogens with one attached hydrogen (secondary N) is 1. The third kappa shape index (κ3) is 5.06. The van der Waals surface area contributed by atoms with Crippen molar-refractivity contribution in [2.75, 3.05) is 26.2 Å². The molecule has 1 aromatic rings. The van der Waals surface area contributed by atoms with Gasteiger partial charge < -0.3 is 15.1 Å². The van der Waals surface area contributed by atoms with E-state index in [0.29, 0.717) is 32.6 Å². The van der Waals surface area contributed by atoms with E-state index < -0.39 is 11.8 Å². The molecule has 0 spiro atoms. The molecule has 0 saturated carbocycles. The Morgan fingerprint density at radius 2 is 1.58 bits per heavy atom. The number of amides is 3. The number of piperazine rings is 1. The number of carbonyl (C=O) groups excluding carboxylic acids is 3. The van der Waals surface area contributed by atoms with E-state index in [2.05, 4.69) is 21.2 Å². The highest BCUT2D eigenvalue weighted by Crippen LogP contribution is 2.12. The van der Waals surface area contributed by atoms with Crippen LogP contribution in [0.4, 0.5) is 0 Å². The highest BCUT2D eigenvalue weighted by atomic mass is 79.9. The summed E-state index contributed by atoms with van der Waals surface area (Å²) in [6.45, 7) is 5.30. The second-order valence-electron chi connectivity index (χ2n) is 6.10. The molecule has 6 nitrogen and oxygen atoms in total. The third-order valence-electron chi connectivity index (χ3n) is 3.80. The first kappa shape index (κ1) is 18.4. The maximum atomic E-state index is 12.3. The van der Waals surface area contributed by atoms with Gasteiger partial charge in [-0.25, -0.2) is 0 Å². The van der Waals surface area contributed by atoms with Gasteiger partial charge in [0.25, 0.3) is 0 Å². The molecule has 1 saturated heterocycles. The first-order valence-electron chi connectivity index (χ1n) is 7.99. The van der Waals surface area contributed by atoms with E-state index in [-0.39, 0.29) is 11.9 Å². The normalized spacial score (nSPS) is 14.7. The molecule has 1 aromatic carbocycles. The Bertz CT molecular complexity index is 608. The maximum absolute atomic E-state index is 12.3. The molecule has 24 heavy (non-hydrogen) atoms. The molecule has 0 aromatic heterocycles. The molecule has 1 N–H and O–H groups in total. The SMILES string of the molecule is CC(C)NC(=O)C(=O)N1CCN(C(=O)Cc2ccc(Br)cc2)CC1. The second-order valence-corrected chi connectivity index (χ2v) is 7.02. The largest absolute Gasteiger partial charge is 0.346 e. The van der Waals surface area contributed by atoms with Crippen LogP contribution in [-0.4, -0.2) is 59.7 Å². The van der Waals surface area contributed by atoms with Crippen molar-refractivity contribution >= 4 is 33.7 Å². The molecule has 0 bridgehead atoms. The topological polar surface area (TPSA) is 69.7 Å². The molecule has 1 fully saturated rings. The van der Waals surface area contributed by atoms with Crippen molar-refractivity contribution in [2.45, 2.75) is 26.3 Å². The summed E-state index contributed by atoms with van der Waals surface area (Å²) >= 11 is 3.37. The summed E-state index contributed by atoms with van der Waals surface area (Å²) in [4.78, 5) is 39.4. The molecular weight excluding hydrogens is 374 g/mol. The van der Waals surface area contributed by atoms with Crippen LogP contribution in [0.15, 0.2) is 28.7 Å². The van der Waals surface area contributed by atoms with Crippen molar-refractivity contribution in [2.24, 2.45) is 0 Å². The van der Waals surface area contributed by atoms with Crippen LogP contribution in [0.1, 0.15) is 19.4 Å². The fourth-order valence-electron chi connectivity index (χ4n) is 2.52. The maximum Gasteiger partial charge on any atom is 0.312 e. The monoisotopic (exact) mass is 395 g/mol. The van der Waals surface area contributed by atoms with Gasteiger partial charge in [-0.3, -0.25) is 14.4 Å². The van der Waals surface area contributed by atoms with E-state index in [0.717, 1.165) is 10.0 Å². The molecule has 1 aliphatic rings. The lowest BCUT2D eigenvalue weighted by molar-refractivity contribution is -0.148. The molecular formula is C17H22BrN3O3. The Morgan fingerprint density at radius 1 is 1.04 bits per heavy atom. The molecule has 0 radical (unpaired) electrons. The average Bonchev–Trinajstić information content (AvgIpc) is 2.55. The van der Waals surface area contributed by atoms with Crippen LogP contribution in [0.25, 0.3) is 0 Å². The second kappa shape index (κ2) is 8.28. The Morgan fingerprint density at radius 3 is 2.12 bits per heavy atom.